The first-order valence-electron chi connectivity index (χ1n) is 6.78. The maximum atomic E-state index is 12.6. The molecule has 2 aliphatic rings. The Labute approximate surface area is 128 Å². The van der Waals surface area contributed by atoms with Crippen molar-refractivity contribution in [3.8, 4) is 0 Å². The van der Waals surface area contributed by atoms with E-state index in [1.165, 1.54) is 0 Å². The van der Waals surface area contributed by atoms with Gasteiger partial charge in [-0.2, -0.15) is 4.31 Å². The summed E-state index contributed by atoms with van der Waals surface area (Å²) < 4.78 is 27.5. The lowest BCUT2D eigenvalue weighted by Gasteiger charge is -2.42. The van der Waals surface area contributed by atoms with E-state index in [1.807, 2.05) is 6.07 Å². The summed E-state index contributed by atoms with van der Waals surface area (Å²) in [5.74, 6) is 0. The van der Waals surface area contributed by atoms with Crippen molar-refractivity contribution in [1.82, 2.24) is 14.5 Å². The topological polar surface area (TPSA) is 52.7 Å². The Balaban J connectivity index is 1.72. The average molecular weight is 360 g/mol. The van der Waals surface area contributed by atoms with Gasteiger partial charge in [-0.05, 0) is 28.1 Å². The highest BCUT2D eigenvalue weighted by molar-refractivity contribution is 9.10. The van der Waals surface area contributed by atoms with Crippen LogP contribution in [0.1, 0.15) is 0 Å². The van der Waals surface area contributed by atoms with Crippen LogP contribution in [-0.2, 0) is 10.0 Å². The molecule has 2 fully saturated rings. The fourth-order valence-electron chi connectivity index (χ4n) is 2.63. The van der Waals surface area contributed by atoms with Gasteiger partial charge in [0.15, 0.2) is 0 Å². The largest absolute Gasteiger partial charge is 0.314 e. The van der Waals surface area contributed by atoms with E-state index in [-0.39, 0.29) is 0 Å². The molecular formula is C13H18BrN3O2S. The van der Waals surface area contributed by atoms with Crippen LogP contribution in [0.5, 0.6) is 0 Å². The van der Waals surface area contributed by atoms with Gasteiger partial charge in [-0.15, -0.1) is 0 Å². The molecule has 0 amide bonds. The standard InChI is InChI=1S/C13H18BrN3O2S/c14-12-3-1-2-4-13(12)20(18,19)17-7-5-16(6-8-17)11-9-15-10-11/h1-4,11,15H,5-10H2. The third kappa shape index (κ3) is 2.65. The number of benzene rings is 1. The van der Waals surface area contributed by atoms with Gasteiger partial charge in [-0.1, -0.05) is 12.1 Å². The molecule has 0 radical (unpaired) electrons. The fourth-order valence-corrected chi connectivity index (χ4v) is 5.02. The Kier molecular flexibility index (Phi) is 4.14. The molecular weight excluding hydrogens is 342 g/mol. The van der Waals surface area contributed by atoms with E-state index in [0.717, 1.165) is 26.2 Å². The minimum Gasteiger partial charge on any atom is -0.314 e. The van der Waals surface area contributed by atoms with Crippen molar-refractivity contribution in [2.24, 2.45) is 0 Å². The first-order chi connectivity index (χ1) is 9.59. The minimum absolute atomic E-state index is 0.360. The Morgan fingerprint density at radius 1 is 1.10 bits per heavy atom. The van der Waals surface area contributed by atoms with Gasteiger partial charge in [0.25, 0.3) is 0 Å². The molecule has 110 valence electrons. The van der Waals surface area contributed by atoms with Crippen molar-refractivity contribution in [3.05, 3.63) is 28.7 Å². The van der Waals surface area contributed by atoms with E-state index >= 15 is 0 Å². The third-order valence-corrected chi connectivity index (χ3v) is 6.91. The van der Waals surface area contributed by atoms with Crippen LogP contribution in [0.15, 0.2) is 33.6 Å². The first kappa shape index (κ1) is 14.5. The van der Waals surface area contributed by atoms with Crippen LogP contribution in [-0.4, -0.2) is 62.9 Å². The van der Waals surface area contributed by atoms with Gasteiger partial charge in [0.2, 0.25) is 10.0 Å². The fraction of sp³-hybridized carbons (Fsp3) is 0.538. The zero-order valence-electron chi connectivity index (χ0n) is 11.1. The Morgan fingerprint density at radius 2 is 1.75 bits per heavy atom. The molecule has 0 unspecified atom stereocenters. The van der Waals surface area contributed by atoms with Crippen LogP contribution in [0.2, 0.25) is 0 Å². The van der Waals surface area contributed by atoms with Crippen LogP contribution in [0.4, 0.5) is 0 Å². The minimum atomic E-state index is -3.39. The van der Waals surface area contributed by atoms with Crippen molar-refractivity contribution >= 4 is 26.0 Å². The van der Waals surface area contributed by atoms with Crippen LogP contribution in [0, 0.1) is 0 Å². The van der Waals surface area contributed by atoms with Gasteiger partial charge in [-0.3, -0.25) is 4.90 Å². The summed E-state index contributed by atoms with van der Waals surface area (Å²) in [4.78, 5) is 2.74. The second-order valence-corrected chi connectivity index (χ2v) is 7.94. The lowest BCUT2D eigenvalue weighted by Crippen LogP contribution is -2.62. The molecule has 0 aliphatic carbocycles. The summed E-state index contributed by atoms with van der Waals surface area (Å²) in [5, 5.41) is 3.25. The Bertz CT molecular complexity index is 581. The number of nitrogens with zero attached hydrogens (tertiary/aromatic N) is 2. The lowest BCUT2D eigenvalue weighted by atomic mass is 10.1. The summed E-state index contributed by atoms with van der Waals surface area (Å²) in [5.41, 5.74) is 0. The number of piperazine rings is 1. The highest BCUT2D eigenvalue weighted by atomic mass is 79.9. The SMILES string of the molecule is O=S(=O)(c1ccccc1Br)N1CCN(C2CNC2)CC1. The normalized spacial score (nSPS) is 22.6. The lowest BCUT2D eigenvalue weighted by molar-refractivity contribution is 0.103. The molecule has 7 heteroatoms. The van der Waals surface area contributed by atoms with E-state index in [2.05, 4.69) is 26.1 Å². The summed E-state index contributed by atoms with van der Waals surface area (Å²) in [6.45, 7) is 4.82. The van der Waals surface area contributed by atoms with Gasteiger partial charge in [0.1, 0.15) is 0 Å². The van der Waals surface area contributed by atoms with Gasteiger partial charge >= 0.3 is 0 Å². The highest BCUT2D eigenvalue weighted by Crippen LogP contribution is 2.25. The predicted octanol–water partition coefficient (Wildman–Crippen LogP) is 0.727. The zero-order valence-corrected chi connectivity index (χ0v) is 13.5. The summed E-state index contributed by atoms with van der Waals surface area (Å²) in [6, 6.07) is 7.59. The average Bonchev–Trinajstić information content (AvgIpc) is 2.38. The molecule has 1 aromatic rings. The third-order valence-electron chi connectivity index (χ3n) is 4.00. The molecule has 2 aliphatic heterocycles. The number of hydrogen-bond donors (Lipinski definition) is 1. The second-order valence-electron chi connectivity index (χ2n) is 5.18. The summed E-state index contributed by atoms with van der Waals surface area (Å²) >= 11 is 3.33. The monoisotopic (exact) mass is 359 g/mol. The summed E-state index contributed by atoms with van der Waals surface area (Å²) in [7, 11) is -3.39. The number of halogens is 1. The van der Waals surface area contributed by atoms with Crippen molar-refractivity contribution < 1.29 is 8.42 Å². The predicted molar refractivity (Wildman–Crippen MR) is 81.1 cm³/mol. The smallest absolute Gasteiger partial charge is 0.244 e. The molecule has 2 saturated heterocycles. The van der Waals surface area contributed by atoms with Gasteiger partial charge < -0.3 is 5.32 Å². The molecule has 20 heavy (non-hydrogen) atoms. The molecule has 0 spiro atoms. The van der Waals surface area contributed by atoms with Gasteiger partial charge in [0, 0.05) is 49.8 Å². The molecule has 2 heterocycles. The van der Waals surface area contributed by atoms with Crippen molar-refractivity contribution in [2.45, 2.75) is 10.9 Å². The number of sulfonamides is 1. The van der Waals surface area contributed by atoms with Crippen molar-refractivity contribution in [3.63, 3.8) is 0 Å². The molecule has 5 nitrogen and oxygen atoms in total. The molecule has 0 aromatic heterocycles. The van der Waals surface area contributed by atoms with Crippen molar-refractivity contribution in [1.29, 1.82) is 0 Å². The van der Waals surface area contributed by atoms with Crippen molar-refractivity contribution in [2.75, 3.05) is 39.3 Å². The zero-order chi connectivity index (χ0) is 14.2. The molecule has 0 bridgehead atoms. The van der Waals surface area contributed by atoms with E-state index in [9.17, 15) is 8.42 Å². The first-order valence-corrected chi connectivity index (χ1v) is 9.02. The molecule has 3 rings (SSSR count). The van der Waals surface area contributed by atoms with E-state index < -0.39 is 10.0 Å². The molecule has 0 atom stereocenters. The maximum Gasteiger partial charge on any atom is 0.244 e. The molecule has 1 aromatic carbocycles. The van der Waals surface area contributed by atoms with Crippen LogP contribution in [0.25, 0.3) is 0 Å². The van der Waals surface area contributed by atoms with Gasteiger partial charge in [0.05, 0.1) is 4.90 Å². The van der Waals surface area contributed by atoms with E-state index in [1.54, 1.807) is 22.5 Å². The number of hydrogen-bond acceptors (Lipinski definition) is 4. The van der Waals surface area contributed by atoms with Gasteiger partial charge in [-0.25, -0.2) is 8.42 Å². The van der Waals surface area contributed by atoms with E-state index in [0.29, 0.717) is 28.5 Å². The van der Waals surface area contributed by atoms with Crippen LogP contribution < -0.4 is 5.32 Å². The second kappa shape index (κ2) is 5.73. The number of rotatable bonds is 3. The van der Waals surface area contributed by atoms with Crippen LogP contribution in [0.3, 0.4) is 0 Å². The quantitative estimate of drug-likeness (QED) is 0.864. The summed E-state index contributed by atoms with van der Waals surface area (Å²) in [6.07, 6.45) is 0. The van der Waals surface area contributed by atoms with Crippen LogP contribution >= 0.6 is 15.9 Å². The maximum absolute atomic E-state index is 12.6. The number of nitrogens with one attached hydrogen (secondary N) is 1. The molecule has 0 saturated carbocycles. The van der Waals surface area contributed by atoms with E-state index in [4.69, 9.17) is 0 Å². The highest BCUT2D eigenvalue weighted by Gasteiger charge is 2.33. The molecule has 1 N–H and O–H groups in total. The Morgan fingerprint density at radius 3 is 2.30 bits per heavy atom. The Hall–Kier alpha value is -0.470.